The fourth-order valence-corrected chi connectivity index (χ4v) is 2.23. The van der Waals surface area contributed by atoms with Crippen LogP contribution in [-0.4, -0.2) is 22.7 Å². The summed E-state index contributed by atoms with van der Waals surface area (Å²) >= 11 is 5.33. The number of thiocarbonyl (C=S) groups is 1. The summed E-state index contributed by atoms with van der Waals surface area (Å²) in [5.74, 6) is 0. The predicted molar refractivity (Wildman–Crippen MR) is 99.0 cm³/mol. The number of nitrogens with one attached hydrogen (secondary N) is 2. The first-order chi connectivity index (χ1) is 10.7. The fraction of sp³-hybridized carbons (Fsp3) is 0.333. The number of alkyl carbamates (subject to hydrolysis) is 1. The Hall–Kier alpha value is -2.14. The molecule has 0 aromatic heterocycles. The zero-order chi connectivity index (χ0) is 17.0. The molecule has 1 amide bonds. The Bertz CT molecular complexity index is 722. The van der Waals surface area contributed by atoms with Crippen molar-refractivity contribution >= 4 is 39.8 Å². The van der Waals surface area contributed by atoms with Crippen molar-refractivity contribution in [1.82, 2.24) is 5.32 Å². The van der Waals surface area contributed by atoms with E-state index < -0.39 is 12.2 Å². The van der Waals surface area contributed by atoms with Crippen LogP contribution in [0.25, 0.3) is 10.8 Å². The first kappa shape index (κ1) is 17.2. The summed E-state index contributed by atoms with van der Waals surface area (Å²) in [6.07, 6.45) is -0.994. The monoisotopic (exact) mass is 330 g/mol. The van der Waals surface area contributed by atoms with Gasteiger partial charge in [0.25, 0.3) is 0 Å². The molecule has 0 aliphatic carbocycles. The van der Waals surface area contributed by atoms with Gasteiger partial charge >= 0.3 is 6.09 Å². The van der Waals surface area contributed by atoms with E-state index >= 15 is 0 Å². The molecule has 0 saturated carbocycles. The average molecular weight is 330 g/mol. The third-order valence-electron chi connectivity index (χ3n) is 3.15. The van der Waals surface area contributed by atoms with Crippen LogP contribution in [0.2, 0.25) is 0 Å². The van der Waals surface area contributed by atoms with E-state index in [9.17, 15) is 4.79 Å². The van der Waals surface area contributed by atoms with Crippen LogP contribution >= 0.6 is 12.2 Å². The number of rotatable bonds is 3. The molecule has 2 N–H and O–H groups in total. The first-order valence-corrected chi connectivity index (χ1v) is 7.94. The lowest BCUT2D eigenvalue weighted by Crippen LogP contribution is -2.43. The van der Waals surface area contributed by atoms with E-state index in [-0.39, 0.29) is 5.54 Å². The smallest absolute Gasteiger partial charge is 0.408 e. The molecule has 0 spiro atoms. The summed E-state index contributed by atoms with van der Waals surface area (Å²) in [6, 6.07) is 14.1. The van der Waals surface area contributed by atoms with Crippen LogP contribution in [0.15, 0.2) is 42.5 Å². The molecule has 0 saturated heterocycles. The highest BCUT2D eigenvalue weighted by Gasteiger charge is 2.19. The van der Waals surface area contributed by atoms with Gasteiger partial charge in [-0.1, -0.05) is 42.5 Å². The molecule has 0 radical (unpaired) electrons. The molecule has 0 aliphatic rings. The van der Waals surface area contributed by atoms with Crippen LogP contribution in [0, 0.1) is 0 Å². The maximum atomic E-state index is 11.8. The zero-order valence-corrected chi connectivity index (χ0v) is 14.7. The first-order valence-electron chi connectivity index (χ1n) is 7.53. The number of carbonyl (C=O) groups excluding carboxylic acids is 1. The predicted octanol–water partition coefficient (Wildman–Crippen LogP) is 4.49. The van der Waals surface area contributed by atoms with Crippen LogP contribution in [0.5, 0.6) is 0 Å². The second-order valence-corrected chi connectivity index (χ2v) is 6.91. The molecule has 0 unspecified atom stereocenters. The average Bonchev–Trinajstić information content (AvgIpc) is 2.45. The third-order valence-corrected chi connectivity index (χ3v) is 3.58. The van der Waals surface area contributed by atoms with Crippen LogP contribution in [0.3, 0.4) is 0 Å². The van der Waals surface area contributed by atoms with Gasteiger partial charge in [-0.05, 0) is 50.6 Å². The summed E-state index contributed by atoms with van der Waals surface area (Å²) in [5, 5.41) is 8.16. The Balaban J connectivity index is 1.98. The van der Waals surface area contributed by atoms with Gasteiger partial charge in [-0.2, -0.15) is 0 Å². The van der Waals surface area contributed by atoms with E-state index in [2.05, 4.69) is 16.7 Å². The van der Waals surface area contributed by atoms with Crippen molar-refractivity contribution in [3.05, 3.63) is 42.5 Å². The molecule has 2 rings (SSSR count). The van der Waals surface area contributed by atoms with Gasteiger partial charge in [0, 0.05) is 11.2 Å². The molecule has 4 nitrogen and oxygen atoms in total. The van der Waals surface area contributed by atoms with Crippen molar-refractivity contribution in [2.45, 2.75) is 39.3 Å². The van der Waals surface area contributed by atoms with E-state index in [4.69, 9.17) is 17.0 Å². The van der Waals surface area contributed by atoms with E-state index in [0.717, 1.165) is 16.5 Å². The minimum absolute atomic E-state index is 0.343. The van der Waals surface area contributed by atoms with E-state index in [0.29, 0.717) is 4.99 Å². The van der Waals surface area contributed by atoms with Crippen LogP contribution in [-0.2, 0) is 4.74 Å². The summed E-state index contributed by atoms with van der Waals surface area (Å²) in [7, 11) is 0. The van der Waals surface area contributed by atoms with E-state index in [1.807, 2.05) is 57.2 Å². The van der Waals surface area contributed by atoms with Gasteiger partial charge in [0.1, 0.15) is 4.99 Å². The van der Waals surface area contributed by atoms with Gasteiger partial charge in [0.05, 0.1) is 0 Å². The lowest BCUT2D eigenvalue weighted by atomic mass is 10.1. The number of carbonyl (C=O) groups is 1. The molecule has 0 fully saturated rings. The van der Waals surface area contributed by atoms with Crippen LogP contribution in [0.4, 0.5) is 10.5 Å². The largest absolute Gasteiger partial charge is 0.439 e. The summed E-state index contributed by atoms with van der Waals surface area (Å²) in [5.41, 5.74) is 0.532. The van der Waals surface area contributed by atoms with E-state index in [1.165, 1.54) is 0 Å². The topological polar surface area (TPSA) is 50.4 Å². The number of hydrogen-bond donors (Lipinski definition) is 2. The van der Waals surface area contributed by atoms with Gasteiger partial charge in [0.2, 0.25) is 0 Å². The number of anilines is 1. The number of hydrogen-bond acceptors (Lipinski definition) is 3. The van der Waals surface area contributed by atoms with Crippen molar-refractivity contribution in [2.75, 3.05) is 5.32 Å². The van der Waals surface area contributed by atoms with Gasteiger partial charge in [-0.3, -0.25) is 0 Å². The zero-order valence-electron chi connectivity index (χ0n) is 13.8. The third kappa shape index (κ3) is 5.21. The Morgan fingerprint density at radius 1 is 1.13 bits per heavy atom. The quantitative estimate of drug-likeness (QED) is 0.814. The van der Waals surface area contributed by atoms with Crippen LogP contribution < -0.4 is 10.6 Å². The lowest BCUT2D eigenvalue weighted by Gasteiger charge is -2.22. The molecule has 122 valence electrons. The molecular formula is C18H22N2O2S. The Kier molecular flexibility index (Phi) is 5.21. The van der Waals surface area contributed by atoms with Gasteiger partial charge in [-0.25, -0.2) is 4.79 Å². The molecule has 0 heterocycles. The number of benzene rings is 2. The highest BCUT2D eigenvalue weighted by molar-refractivity contribution is 7.80. The van der Waals surface area contributed by atoms with Crippen molar-refractivity contribution in [1.29, 1.82) is 0 Å². The highest BCUT2D eigenvalue weighted by Crippen LogP contribution is 2.19. The molecule has 1 atom stereocenters. The molecule has 2 aromatic carbocycles. The Labute approximate surface area is 142 Å². The van der Waals surface area contributed by atoms with E-state index in [1.54, 1.807) is 6.92 Å². The van der Waals surface area contributed by atoms with Crippen LogP contribution in [0.1, 0.15) is 27.7 Å². The van der Waals surface area contributed by atoms with Crippen molar-refractivity contribution in [2.24, 2.45) is 0 Å². The summed E-state index contributed by atoms with van der Waals surface area (Å²) in [6.45, 7) is 7.43. The van der Waals surface area contributed by atoms with Gasteiger partial charge in [0.15, 0.2) is 6.10 Å². The molecular weight excluding hydrogens is 308 g/mol. The maximum absolute atomic E-state index is 11.8. The summed E-state index contributed by atoms with van der Waals surface area (Å²) in [4.78, 5) is 12.2. The normalized spacial score (nSPS) is 12.5. The molecule has 23 heavy (non-hydrogen) atoms. The SMILES string of the molecule is C[C@@H](OC(=O)NC(C)(C)C)C(=S)Nc1ccc2ccccc2c1. The molecule has 0 bridgehead atoms. The number of fused-ring (bicyclic) bond motifs is 1. The minimum Gasteiger partial charge on any atom is -0.439 e. The number of amides is 1. The number of ether oxygens (including phenoxy) is 1. The van der Waals surface area contributed by atoms with Gasteiger partial charge in [-0.15, -0.1) is 0 Å². The molecule has 5 heteroatoms. The highest BCUT2D eigenvalue weighted by atomic mass is 32.1. The second kappa shape index (κ2) is 6.96. The van der Waals surface area contributed by atoms with Crippen molar-refractivity contribution < 1.29 is 9.53 Å². The van der Waals surface area contributed by atoms with Crippen molar-refractivity contribution in [3.63, 3.8) is 0 Å². The van der Waals surface area contributed by atoms with Gasteiger partial charge < -0.3 is 15.4 Å². The molecule has 0 aliphatic heterocycles. The maximum Gasteiger partial charge on any atom is 0.408 e. The second-order valence-electron chi connectivity index (χ2n) is 6.47. The van der Waals surface area contributed by atoms with Crippen molar-refractivity contribution in [3.8, 4) is 0 Å². The Morgan fingerprint density at radius 3 is 2.43 bits per heavy atom. The fourth-order valence-electron chi connectivity index (χ4n) is 2.06. The Morgan fingerprint density at radius 2 is 1.78 bits per heavy atom. The lowest BCUT2D eigenvalue weighted by molar-refractivity contribution is 0.126. The standard InChI is InChI=1S/C18H22N2O2S/c1-12(22-17(21)20-18(2,3)4)16(23)19-15-10-9-13-7-5-6-8-14(13)11-15/h5-12H,1-4H3,(H,19,23)(H,20,21)/t12-/m1/s1. The minimum atomic E-state index is -0.515. The summed E-state index contributed by atoms with van der Waals surface area (Å²) < 4.78 is 5.29. The molecule has 2 aromatic rings.